The van der Waals surface area contributed by atoms with Crippen molar-refractivity contribution in [3.8, 4) is 0 Å². The number of carbonyl (C=O) groups excluding carboxylic acids is 2. The van der Waals surface area contributed by atoms with Crippen LogP contribution in [0.5, 0.6) is 0 Å². The highest BCUT2D eigenvalue weighted by molar-refractivity contribution is 6.08. The number of hydrogen-bond acceptors (Lipinski definition) is 2. The fourth-order valence-electron chi connectivity index (χ4n) is 0.925. The number of rotatable bonds is 0. The van der Waals surface area contributed by atoms with Gasteiger partial charge in [-0.3, -0.25) is 9.59 Å². The van der Waals surface area contributed by atoms with Gasteiger partial charge in [-0.1, -0.05) is 0 Å². The monoisotopic (exact) mass is 178 g/mol. The van der Waals surface area contributed by atoms with Crippen LogP contribution in [0.2, 0.25) is 0 Å². The first-order chi connectivity index (χ1) is 5.41. The first-order valence-electron chi connectivity index (χ1n) is 3.26. The number of hydrogen-bond donors (Lipinski definition) is 0. The Labute approximate surface area is 66.1 Å². The standard InChI is InChI=1S/C7H5F3O2/c8-7(9,10)5-3-4(11)1-2-6(5)12/h3H,1-2H2. The molecule has 0 spiro atoms. The van der Waals surface area contributed by atoms with Crippen LogP contribution in [0.15, 0.2) is 11.6 Å². The fourth-order valence-corrected chi connectivity index (χ4v) is 0.925. The smallest absolute Gasteiger partial charge is 0.295 e. The summed E-state index contributed by atoms with van der Waals surface area (Å²) in [5.41, 5.74) is -1.32. The molecule has 0 saturated carbocycles. The molecule has 0 aromatic heterocycles. The van der Waals surface area contributed by atoms with Crippen LogP contribution in [0.3, 0.4) is 0 Å². The van der Waals surface area contributed by atoms with Gasteiger partial charge in [0.1, 0.15) is 5.57 Å². The summed E-state index contributed by atoms with van der Waals surface area (Å²) in [6.45, 7) is 0. The van der Waals surface area contributed by atoms with Crippen molar-refractivity contribution >= 4 is 11.6 Å². The second-order valence-electron chi connectivity index (χ2n) is 2.45. The number of carbonyl (C=O) groups is 2. The van der Waals surface area contributed by atoms with E-state index in [0.717, 1.165) is 0 Å². The van der Waals surface area contributed by atoms with E-state index in [0.29, 0.717) is 6.08 Å². The summed E-state index contributed by atoms with van der Waals surface area (Å²) < 4.78 is 35.8. The van der Waals surface area contributed by atoms with E-state index >= 15 is 0 Å². The predicted octanol–water partition coefficient (Wildman–Crippen LogP) is 1.41. The van der Waals surface area contributed by atoms with E-state index < -0.39 is 23.3 Å². The molecule has 0 fully saturated rings. The first kappa shape index (κ1) is 8.96. The Bertz CT molecular complexity index is 262. The molecule has 12 heavy (non-hydrogen) atoms. The lowest BCUT2D eigenvalue weighted by Gasteiger charge is -2.13. The van der Waals surface area contributed by atoms with Crippen LogP contribution in [-0.2, 0) is 9.59 Å². The molecular formula is C7H5F3O2. The van der Waals surface area contributed by atoms with E-state index in [2.05, 4.69) is 0 Å². The molecule has 0 saturated heterocycles. The van der Waals surface area contributed by atoms with Gasteiger partial charge in [-0.15, -0.1) is 0 Å². The zero-order valence-electron chi connectivity index (χ0n) is 5.94. The van der Waals surface area contributed by atoms with Gasteiger partial charge in [-0.05, 0) is 6.08 Å². The summed E-state index contributed by atoms with van der Waals surface area (Å²) >= 11 is 0. The average molecular weight is 178 g/mol. The van der Waals surface area contributed by atoms with Gasteiger partial charge in [0.25, 0.3) is 0 Å². The van der Waals surface area contributed by atoms with Crippen molar-refractivity contribution in [3.05, 3.63) is 11.6 Å². The third kappa shape index (κ3) is 1.72. The summed E-state index contributed by atoms with van der Waals surface area (Å²) in [5.74, 6) is -1.64. The number of halogens is 3. The Balaban J connectivity index is 3.00. The molecule has 0 aromatic rings. The number of allylic oxidation sites excluding steroid dienone is 2. The van der Waals surface area contributed by atoms with Gasteiger partial charge in [0.2, 0.25) is 0 Å². The second-order valence-corrected chi connectivity index (χ2v) is 2.45. The lowest BCUT2D eigenvalue weighted by Crippen LogP contribution is -2.25. The van der Waals surface area contributed by atoms with Gasteiger partial charge in [-0.25, -0.2) is 0 Å². The number of Topliss-reactive ketones (excluding diaryl/α,β-unsaturated/α-hetero) is 1. The van der Waals surface area contributed by atoms with Gasteiger partial charge < -0.3 is 0 Å². The minimum atomic E-state index is -4.69. The van der Waals surface area contributed by atoms with Gasteiger partial charge in [0, 0.05) is 12.8 Å². The van der Waals surface area contributed by atoms with Crippen molar-refractivity contribution in [3.63, 3.8) is 0 Å². The quantitative estimate of drug-likeness (QED) is 0.562. The van der Waals surface area contributed by atoms with Gasteiger partial charge in [0.15, 0.2) is 11.6 Å². The fraction of sp³-hybridized carbons (Fsp3) is 0.429. The largest absolute Gasteiger partial charge is 0.419 e. The Kier molecular flexibility index (Phi) is 2.04. The van der Waals surface area contributed by atoms with Crippen LogP contribution in [0, 0.1) is 0 Å². The van der Waals surface area contributed by atoms with Crippen molar-refractivity contribution in [1.82, 2.24) is 0 Å². The van der Waals surface area contributed by atoms with Crippen molar-refractivity contribution in [2.75, 3.05) is 0 Å². The van der Waals surface area contributed by atoms with Crippen molar-refractivity contribution in [1.29, 1.82) is 0 Å². The van der Waals surface area contributed by atoms with E-state index in [1.54, 1.807) is 0 Å². The summed E-state index contributed by atoms with van der Waals surface area (Å²) in [7, 11) is 0. The zero-order chi connectivity index (χ0) is 9.35. The van der Waals surface area contributed by atoms with Crippen molar-refractivity contribution < 1.29 is 22.8 Å². The van der Waals surface area contributed by atoms with Crippen LogP contribution >= 0.6 is 0 Å². The molecule has 1 aliphatic rings. The predicted molar refractivity (Wildman–Crippen MR) is 33.4 cm³/mol. The molecule has 0 amide bonds. The molecule has 66 valence electrons. The zero-order valence-corrected chi connectivity index (χ0v) is 5.94. The van der Waals surface area contributed by atoms with Crippen LogP contribution in [0.4, 0.5) is 13.2 Å². The number of ketones is 2. The van der Waals surface area contributed by atoms with Crippen LogP contribution < -0.4 is 0 Å². The van der Waals surface area contributed by atoms with Gasteiger partial charge in [0.05, 0.1) is 0 Å². The Morgan fingerprint density at radius 3 is 2.17 bits per heavy atom. The third-order valence-electron chi connectivity index (χ3n) is 1.51. The molecule has 0 heterocycles. The lowest BCUT2D eigenvalue weighted by atomic mass is 9.97. The lowest BCUT2D eigenvalue weighted by molar-refractivity contribution is -0.133. The number of alkyl halides is 3. The molecule has 1 rings (SSSR count). The molecule has 0 N–H and O–H groups in total. The summed E-state index contributed by atoms with van der Waals surface area (Å²) in [5, 5.41) is 0. The molecule has 0 radical (unpaired) electrons. The van der Waals surface area contributed by atoms with Crippen molar-refractivity contribution in [2.24, 2.45) is 0 Å². The summed E-state index contributed by atoms with van der Waals surface area (Å²) in [4.78, 5) is 21.2. The van der Waals surface area contributed by atoms with Crippen LogP contribution in [-0.4, -0.2) is 17.7 Å². The molecule has 0 unspecified atom stereocenters. The Morgan fingerprint density at radius 1 is 1.17 bits per heavy atom. The minimum absolute atomic E-state index is 0.113. The third-order valence-corrected chi connectivity index (χ3v) is 1.51. The van der Waals surface area contributed by atoms with E-state index in [-0.39, 0.29) is 12.8 Å². The molecule has 0 aromatic carbocycles. The molecule has 0 bridgehead atoms. The molecule has 0 aliphatic heterocycles. The molecule has 2 nitrogen and oxygen atoms in total. The maximum Gasteiger partial charge on any atom is 0.419 e. The first-order valence-corrected chi connectivity index (χ1v) is 3.26. The van der Waals surface area contributed by atoms with E-state index in [9.17, 15) is 22.8 Å². The normalized spacial score (nSPS) is 19.4. The van der Waals surface area contributed by atoms with Crippen molar-refractivity contribution in [2.45, 2.75) is 19.0 Å². The second kappa shape index (κ2) is 2.73. The highest BCUT2D eigenvalue weighted by Crippen LogP contribution is 2.29. The van der Waals surface area contributed by atoms with Crippen LogP contribution in [0.1, 0.15) is 12.8 Å². The van der Waals surface area contributed by atoms with Gasteiger partial charge in [-0.2, -0.15) is 13.2 Å². The molecule has 5 heteroatoms. The Hall–Kier alpha value is -1.13. The van der Waals surface area contributed by atoms with E-state index in [4.69, 9.17) is 0 Å². The maximum atomic E-state index is 11.9. The highest BCUT2D eigenvalue weighted by Gasteiger charge is 2.40. The maximum absolute atomic E-state index is 11.9. The van der Waals surface area contributed by atoms with Crippen LogP contribution in [0.25, 0.3) is 0 Å². The molecule has 0 atom stereocenters. The summed E-state index contributed by atoms with van der Waals surface area (Å²) in [6.07, 6.45) is -4.75. The molecular weight excluding hydrogens is 173 g/mol. The Morgan fingerprint density at radius 2 is 1.75 bits per heavy atom. The topological polar surface area (TPSA) is 34.1 Å². The van der Waals surface area contributed by atoms with E-state index in [1.807, 2.05) is 0 Å². The average Bonchev–Trinajstić information content (AvgIpc) is 1.92. The molecule has 1 aliphatic carbocycles. The SMILES string of the molecule is O=C1C=C(C(F)(F)F)C(=O)CC1. The van der Waals surface area contributed by atoms with Gasteiger partial charge >= 0.3 is 6.18 Å². The van der Waals surface area contributed by atoms with E-state index in [1.165, 1.54) is 0 Å². The highest BCUT2D eigenvalue weighted by atomic mass is 19.4. The minimum Gasteiger partial charge on any atom is -0.295 e. The summed E-state index contributed by atoms with van der Waals surface area (Å²) in [6, 6.07) is 0.